The van der Waals surface area contributed by atoms with Crippen molar-refractivity contribution < 1.29 is 27.1 Å². The molecule has 3 aliphatic rings. The zero-order valence-corrected chi connectivity index (χ0v) is 15.2. The SMILES string of the molecule is NC(=O)[C@@H]1C[C@@H](F)CN1[C@H]1CC[C@@H]2CN(c3ccc(OC(F)(F)F)cc3)C[C@@H]21. The number of amides is 1. The molecule has 0 radical (unpaired) electrons. The van der Waals surface area contributed by atoms with Crippen molar-refractivity contribution in [3.05, 3.63) is 24.3 Å². The van der Waals surface area contributed by atoms with E-state index in [1.54, 1.807) is 12.1 Å². The van der Waals surface area contributed by atoms with Crippen LogP contribution in [0.3, 0.4) is 0 Å². The number of alkyl halides is 4. The van der Waals surface area contributed by atoms with Crippen molar-refractivity contribution in [2.75, 3.05) is 24.5 Å². The van der Waals surface area contributed by atoms with Gasteiger partial charge in [-0.2, -0.15) is 0 Å². The normalized spacial score (nSPS) is 33.3. The van der Waals surface area contributed by atoms with Crippen LogP contribution < -0.4 is 15.4 Å². The molecule has 2 aliphatic heterocycles. The van der Waals surface area contributed by atoms with E-state index >= 15 is 0 Å². The van der Waals surface area contributed by atoms with E-state index in [0.29, 0.717) is 11.8 Å². The molecule has 0 spiro atoms. The van der Waals surface area contributed by atoms with Crippen LogP contribution >= 0.6 is 0 Å². The van der Waals surface area contributed by atoms with Crippen LogP contribution in [-0.4, -0.2) is 55.1 Å². The van der Waals surface area contributed by atoms with E-state index < -0.39 is 24.5 Å². The Morgan fingerprint density at radius 3 is 2.46 bits per heavy atom. The van der Waals surface area contributed by atoms with Gasteiger partial charge in [0, 0.05) is 37.8 Å². The van der Waals surface area contributed by atoms with Crippen molar-refractivity contribution in [2.24, 2.45) is 17.6 Å². The number of likely N-dealkylation sites (tertiary alicyclic amines) is 1. The number of nitrogens with zero attached hydrogens (tertiary/aromatic N) is 2. The molecule has 2 N–H and O–H groups in total. The number of anilines is 1. The molecule has 4 rings (SSSR count). The third-order valence-corrected chi connectivity index (χ3v) is 6.30. The van der Waals surface area contributed by atoms with Gasteiger partial charge in [-0.3, -0.25) is 9.69 Å². The zero-order chi connectivity index (χ0) is 20.1. The predicted octanol–water partition coefficient (Wildman–Crippen LogP) is 2.70. The maximum atomic E-state index is 13.9. The Balaban J connectivity index is 1.44. The molecule has 2 heterocycles. The van der Waals surface area contributed by atoms with Crippen LogP contribution in [0.1, 0.15) is 19.3 Å². The number of carbonyl (C=O) groups is 1. The molecule has 154 valence electrons. The van der Waals surface area contributed by atoms with Crippen molar-refractivity contribution in [1.82, 2.24) is 4.90 Å². The molecule has 3 fully saturated rings. The fraction of sp³-hybridized carbons (Fsp3) is 0.632. The Morgan fingerprint density at radius 1 is 1.11 bits per heavy atom. The maximum absolute atomic E-state index is 13.9. The highest BCUT2D eigenvalue weighted by molar-refractivity contribution is 5.80. The summed E-state index contributed by atoms with van der Waals surface area (Å²) < 4.78 is 54.8. The molecule has 5 atom stereocenters. The number of benzene rings is 1. The van der Waals surface area contributed by atoms with Crippen molar-refractivity contribution >= 4 is 11.6 Å². The van der Waals surface area contributed by atoms with Gasteiger partial charge in [0.25, 0.3) is 0 Å². The Labute approximate surface area is 160 Å². The van der Waals surface area contributed by atoms with E-state index in [4.69, 9.17) is 5.73 Å². The van der Waals surface area contributed by atoms with Crippen LogP contribution in [0.2, 0.25) is 0 Å². The monoisotopic (exact) mass is 401 g/mol. The van der Waals surface area contributed by atoms with E-state index in [1.807, 2.05) is 4.90 Å². The number of carbonyl (C=O) groups excluding carboxylic acids is 1. The third-order valence-electron chi connectivity index (χ3n) is 6.30. The summed E-state index contributed by atoms with van der Waals surface area (Å²) in [5.74, 6) is -0.0101. The van der Waals surface area contributed by atoms with Gasteiger partial charge in [-0.1, -0.05) is 0 Å². The van der Waals surface area contributed by atoms with Crippen molar-refractivity contribution in [3.63, 3.8) is 0 Å². The Bertz CT molecular complexity index is 727. The minimum atomic E-state index is -4.71. The highest BCUT2D eigenvalue weighted by Gasteiger charge is 2.49. The van der Waals surface area contributed by atoms with E-state index in [9.17, 15) is 22.4 Å². The van der Waals surface area contributed by atoms with Crippen molar-refractivity contribution in [1.29, 1.82) is 0 Å². The fourth-order valence-electron chi connectivity index (χ4n) is 5.17. The lowest BCUT2D eigenvalue weighted by Gasteiger charge is -2.33. The molecule has 1 amide bonds. The summed E-state index contributed by atoms with van der Waals surface area (Å²) in [7, 11) is 0. The molecule has 0 aromatic heterocycles. The maximum Gasteiger partial charge on any atom is 0.573 e. The van der Waals surface area contributed by atoms with Crippen LogP contribution in [0.15, 0.2) is 24.3 Å². The second-order valence-electron chi connectivity index (χ2n) is 7.96. The van der Waals surface area contributed by atoms with Crippen LogP contribution in [0.25, 0.3) is 0 Å². The average molecular weight is 401 g/mol. The summed E-state index contributed by atoms with van der Waals surface area (Å²) in [6.07, 6.45) is -3.68. The molecule has 1 aromatic rings. The molecule has 1 aliphatic carbocycles. The average Bonchev–Trinajstić information content (AvgIpc) is 3.27. The van der Waals surface area contributed by atoms with E-state index in [2.05, 4.69) is 9.64 Å². The smallest absolute Gasteiger partial charge is 0.406 e. The molecular weight excluding hydrogens is 378 g/mol. The van der Waals surface area contributed by atoms with Crippen LogP contribution in [0.5, 0.6) is 5.75 Å². The summed E-state index contributed by atoms with van der Waals surface area (Å²) in [5, 5.41) is 0. The zero-order valence-electron chi connectivity index (χ0n) is 15.2. The molecule has 9 heteroatoms. The number of hydrogen-bond acceptors (Lipinski definition) is 4. The number of nitrogens with two attached hydrogens (primary N) is 1. The van der Waals surface area contributed by atoms with Crippen LogP contribution in [0.4, 0.5) is 23.2 Å². The summed E-state index contributed by atoms with van der Waals surface area (Å²) in [5.41, 5.74) is 6.31. The number of ether oxygens (including phenoxy) is 1. The Morgan fingerprint density at radius 2 is 1.82 bits per heavy atom. The first-order valence-electron chi connectivity index (χ1n) is 9.51. The lowest BCUT2D eigenvalue weighted by Crippen LogP contribution is -2.48. The third kappa shape index (κ3) is 3.76. The van der Waals surface area contributed by atoms with Gasteiger partial charge in [0.05, 0.1) is 6.04 Å². The topological polar surface area (TPSA) is 58.8 Å². The second-order valence-corrected chi connectivity index (χ2v) is 7.96. The summed E-state index contributed by atoms with van der Waals surface area (Å²) in [4.78, 5) is 15.8. The summed E-state index contributed by atoms with van der Waals surface area (Å²) in [6.45, 7) is 1.77. The highest BCUT2D eigenvalue weighted by atomic mass is 19.4. The first-order valence-corrected chi connectivity index (χ1v) is 9.51. The molecule has 0 unspecified atom stereocenters. The van der Waals surface area contributed by atoms with Crippen LogP contribution in [-0.2, 0) is 4.79 Å². The number of fused-ring (bicyclic) bond motifs is 1. The highest BCUT2D eigenvalue weighted by Crippen LogP contribution is 2.44. The number of rotatable bonds is 4. The van der Waals surface area contributed by atoms with Gasteiger partial charge in [-0.25, -0.2) is 4.39 Å². The quantitative estimate of drug-likeness (QED) is 0.789. The van der Waals surface area contributed by atoms with Gasteiger partial charge >= 0.3 is 6.36 Å². The van der Waals surface area contributed by atoms with Gasteiger partial charge < -0.3 is 15.4 Å². The Kier molecular flexibility index (Phi) is 4.89. The second kappa shape index (κ2) is 7.09. The van der Waals surface area contributed by atoms with Crippen molar-refractivity contribution in [2.45, 2.75) is 43.9 Å². The Hall–Kier alpha value is -2.03. The molecule has 0 bridgehead atoms. The largest absolute Gasteiger partial charge is 0.573 e. The van der Waals surface area contributed by atoms with Gasteiger partial charge in [0.2, 0.25) is 5.91 Å². The molecule has 2 saturated heterocycles. The first-order chi connectivity index (χ1) is 13.2. The fourth-order valence-corrected chi connectivity index (χ4v) is 5.17. The predicted molar refractivity (Wildman–Crippen MR) is 94.5 cm³/mol. The number of primary amides is 1. The summed E-state index contributed by atoms with van der Waals surface area (Å²) >= 11 is 0. The van der Waals surface area contributed by atoms with Gasteiger partial charge in [0.1, 0.15) is 11.9 Å². The number of halogens is 4. The van der Waals surface area contributed by atoms with Crippen LogP contribution in [0, 0.1) is 11.8 Å². The minimum absolute atomic E-state index is 0.112. The van der Waals surface area contributed by atoms with Gasteiger partial charge in [-0.15, -0.1) is 13.2 Å². The molecule has 1 aromatic carbocycles. The minimum Gasteiger partial charge on any atom is -0.406 e. The van der Waals surface area contributed by atoms with E-state index in [-0.39, 0.29) is 24.8 Å². The lowest BCUT2D eigenvalue weighted by molar-refractivity contribution is -0.274. The van der Waals surface area contributed by atoms with E-state index in [1.165, 1.54) is 12.1 Å². The first kappa shape index (κ1) is 19.3. The van der Waals surface area contributed by atoms with Gasteiger partial charge in [0.15, 0.2) is 0 Å². The van der Waals surface area contributed by atoms with E-state index in [0.717, 1.165) is 31.6 Å². The lowest BCUT2D eigenvalue weighted by atomic mass is 9.96. The van der Waals surface area contributed by atoms with Crippen molar-refractivity contribution in [3.8, 4) is 5.75 Å². The number of hydrogen-bond donors (Lipinski definition) is 1. The molecule has 1 saturated carbocycles. The molecule has 5 nitrogen and oxygen atoms in total. The van der Waals surface area contributed by atoms with Gasteiger partial charge in [-0.05, 0) is 48.9 Å². The molecule has 28 heavy (non-hydrogen) atoms. The summed E-state index contributed by atoms with van der Waals surface area (Å²) in [6, 6.07) is 5.43. The molecular formula is C19H23F4N3O2. The standard InChI is InChI=1S/C19H23F4N3O2/c20-12-7-17(18(24)27)26(9-12)16-6-1-11-8-25(10-15(11)16)13-2-4-14(5-3-13)28-19(21,22)23/h2-5,11-12,15-17H,1,6-10H2,(H2,24,27)/t11-,12-,15+,16+,17+/m1/s1.